The Morgan fingerprint density at radius 3 is 2.29 bits per heavy atom. The fourth-order valence-electron chi connectivity index (χ4n) is 3.93. The van der Waals surface area contributed by atoms with Gasteiger partial charge in [-0.15, -0.1) is 0 Å². The largest absolute Gasteiger partial charge is 0.478 e. The van der Waals surface area contributed by atoms with E-state index in [-0.39, 0.29) is 39.2 Å². The van der Waals surface area contributed by atoms with E-state index in [0.29, 0.717) is 6.07 Å². The first-order valence-corrected chi connectivity index (χ1v) is 10.6. The first-order valence-electron chi connectivity index (χ1n) is 10.6. The van der Waals surface area contributed by atoms with Crippen molar-refractivity contribution in [3.8, 4) is 17.7 Å². The zero-order chi connectivity index (χ0) is 27.9. The highest BCUT2D eigenvalue weighted by molar-refractivity contribution is 5.89. The van der Waals surface area contributed by atoms with Crippen LogP contribution in [0.25, 0.3) is 10.9 Å². The summed E-state index contributed by atoms with van der Waals surface area (Å²) in [5.41, 5.74) is -3.44. The molecule has 0 fully saturated rings. The van der Waals surface area contributed by atoms with Gasteiger partial charge in [-0.25, -0.2) is 9.97 Å². The van der Waals surface area contributed by atoms with Gasteiger partial charge in [-0.1, -0.05) is 12.1 Å². The zero-order valence-electron chi connectivity index (χ0n) is 19.6. The normalized spacial score (nSPS) is 13.7. The van der Waals surface area contributed by atoms with Crippen molar-refractivity contribution in [2.45, 2.75) is 18.0 Å². The lowest BCUT2D eigenvalue weighted by molar-refractivity contribution is -0.153. The average Bonchev–Trinajstić information content (AvgIpc) is 3.31. The number of ether oxygens (including phenoxy) is 2. The Morgan fingerprint density at radius 1 is 1.05 bits per heavy atom. The van der Waals surface area contributed by atoms with Crippen molar-refractivity contribution in [1.29, 1.82) is 5.26 Å². The minimum Gasteiger partial charge on any atom is -0.478 e. The number of halogens is 6. The van der Waals surface area contributed by atoms with Crippen molar-refractivity contribution >= 4 is 10.9 Å². The number of pyridine rings is 2. The highest BCUT2D eigenvalue weighted by atomic mass is 19.4. The van der Waals surface area contributed by atoms with Crippen LogP contribution < -0.4 is 9.47 Å². The maximum absolute atomic E-state index is 13.1. The van der Waals surface area contributed by atoms with Gasteiger partial charge in [0.1, 0.15) is 17.3 Å². The summed E-state index contributed by atoms with van der Waals surface area (Å²) in [6, 6.07) is 7.59. The lowest BCUT2D eigenvalue weighted by Crippen LogP contribution is -2.31. The topological polar surface area (TPSA) is 106 Å². The van der Waals surface area contributed by atoms with Crippen molar-refractivity contribution < 1.29 is 40.9 Å². The summed E-state index contributed by atoms with van der Waals surface area (Å²) in [5, 5.41) is 21.8. The number of benzene rings is 1. The lowest BCUT2D eigenvalue weighted by Gasteiger charge is -2.30. The molecule has 38 heavy (non-hydrogen) atoms. The molecule has 1 aromatic carbocycles. The third-order valence-electron chi connectivity index (χ3n) is 5.67. The van der Waals surface area contributed by atoms with Gasteiger partial charge in [-0.2, -0.15) is 31.6 Å². The van der Waals surface area contributed by atoms with Gasteiger partial charge < -0.3 is 19.1 Å². The Bertz CT molecular complexity index is 1530. The molecule has 8 nitrogen and oxygen atoms in total. The number of imidazole rings is 1. The molecule has 0 saturated heterocycles. The maximum atomic E-state index is 13.1. The van der Waals surface area contributed by atoms with Crippen LogP contribution in [0.2, 0.25) is 0 Å². The molecule has 0 aliphatic rings. The molecule has 14 heteroatoms. The molecule has 0 bridgehead atoms. The van der Waals surface area contributed by atoms with Crippen molar-refractivity contribution in [3.63, 3.8) is 0 Å². The molecule has 0 aliphatic heterocycles. The van der Waals surface area contributed by atoms with E-state index in [4.69, 9.17) is 9.47 Å². The second-order valence-electron chi connectivity index (χ2n) is 8.10. The van der Waals surface area contributed by atoms with E-state index in [1.807, 2.05) is 0 Å². The maximum Gasteiger partial charge on any atom is 0.433 e. The zero-order valence-corrected chi connectivity index (χ0v) is 19.6. The Labute approximate surface area is 210 Å². The van der Waals surface area contributed by atoms with E-state index in [0.717, 1.165) is 19.4 Å². The predicted octanol–water partition coefficient (Wildman–Crippen LogP) is 4.49. The van der Waals surface area contributed by atoms with Gasteiger partial charge in [0.05, 0.1) is 30.8 Å². The summed E-state index contributed by atoms with van der Waals surface area (Å²) in [7, 11) is 2.69. The molecule has 3 aromatic heterocycles. The minimum atomic E-state index is -4.72. The number of hydrogen-bond acceptors (Lipinski definition) is 7. The second kappa shape index (κ2) is 9.49. The highest BCUT2D eigenvalue weighted by Gasteiger charge is 2.39. The van der Waals surface area contributed by atoms with Crippen LogP contribution >= 0.6 is 0 Å². The van der Waals surface area contributed by atoms with E-state index < -0.39 is 36.0 Å². The molecule has 0 spiro atoms. The van der Waals surface area contributed by atoms with E-state index in [1.54, 1.807) is 13.1 Å². The molecular formula is C24H17F6N5O3. The van der Waals surface area contributed by atoms with Crippen molar-refractivity contribution in [3.05, 3.63) is 77.1 Å². The number of nitrogens with zero attached hydrogens (tertiary/aromatic N) is 5. The summed E-state index contributed by atoms with van der Waals surface area (Å²) in [6.45, 7) is -1.72. The van der Waals surface area contributed by atoms with Gasteiger partial charge in [-0.3, -0.25) is 4.98 Å². The van der Waals surface area contributed by atoms with Gasteiger partial charge in [0.15, 0.2) is 18.0 Å². The summed E-state index contributed by atoms with van der Waals surface area (Å²) in [5.74, 6) is -0.919. The van der Waals surface area contributed by atoms with E-state index in [1.165, 1.54) is 35.3 Å². The number of rotatable bonds is 6. The highest BCUT2D eigenvalue weighted by Crippen LogP contribution is 2.41. The first-order chi connectivity index (χ1) is 17.8. The third kappa shape index (κ3) is 4.80. The fourth-order valence-corrected chi connectivity index (χ4v) is 3.93. The summed E-state index contributed by atoms with van der Waals surface area (Å²) in [6.07, 6.45) is -5.93. The molecule has 3 heterocycles. The lowest BCUT2D eigenvalue weighted by atomic mass is 9.83. The third-order valence-corrected chi connectivity index (χ3v) is 5.67. The predicted molar refractivity (Wildman–Crippen MR) is 119 cm³/mol. The van der Waals surface area contributed by atoms with Gasteiger partial charge >= 0.3 is 12.4 Å². The molecule has 4 rings (SSSR count). The van der Waals surface area contributed by atoms with Crippen molar-refractivity contribution in [1.82, 2.24) is 19.5 Å². The molecule has 0 aliphatic carbocycles. The van der Waals surface area contributed by atoms with Gasteiger partial charge in [0.2, 0.25) is 0 Å². The van der Waals surface area contributed by atoms with Gasteiger partial charge in [0, 0.05) is 24.2 Å². The van der Waals surface area contributed by atoms with Crippen LogP contribution in [-0.2, 0) is 18.8 Å². The van der Waals surface area contributed by atoms with Crippen LogP contribution in [0.3, 0.4) is 0 Å². The van der Waals surface area contributed by atoms with E-state index >= 15 is 0 Å². The van der Waals surface area contributed by atoms with Crippen LogP contribution in [0.15, 0.2) is 49.1 Å². The molecule has 4 aromatic rings. The van der Waals surface area contributed by atoms with Crippen LogP contribution in [0.5, 0.6) is 11.6 Å². The van der Waals surface area contributed by atoms with Crippen LogP contribution in [-0.4, -0.2) is 44.5 Å². The van der Waals surface area contributed by atoms with Crippen LogP contribution in [0.4, 0.5) is 26.3 Å². The van der Waals surface area contributed by atoms with Crippen LogP contribution in [0.1, 0.15) is 28.1 Å². The Balaban J connectivity index is 1.96. The summed E-state index contributed by atoms with van der Waals surface area (Å²) in [4.78, 5) is 11.5. The molecule has 198 valence electrons. The summed E-state index contributed by atoms with van der Waals surface area (Å²) < 4.78 is 89.1. The number of methoxy groups -OCH3 is 1. The molecular weight excluding hydrogens is 520 g/mol. The number of hydrogen-bond donors (Lipinski definition) is 1. The number of aromatic nitrogens is 4. The SMILES string of the molecule is COc1nc2ccc(C(O)(c3ccc(C(F)(F)F)nc3)c3cncn3C)cc2c(C#N)c1OCC(F)(F)F. The van der Waals surface area contributed by atoms with Crippen molar-refractivity contribution in [2.24, 2.45) is 7.05 Å². The number of aryl methyl sites for hydroxylation is 1. The van der Waals surface area contributed by atoms with E-state index in [2.05, 4.69) is 15.0 Å². The fraction of sp³-hybridized carbons (Fsp3) is 0.250. The molecule has 0 radical (unpaired) electrons. The van der Waals surface area contributed by atoms with Gasteiger partial charge in [0.25, 0.3) is 5.88 Å². The number of alkyl halides is 6. The molecule has 1 atom stereocenters. The quantitative estimate of drug-likeness (QED) is 0.362. The monoisotopic (exact) mass is 537 g/mol. The standard InChI is InChI=1S/C24H17F6N5O3/c1-35-12-32-10-19(35)23(36,14-4-6-18(33-9-14)24(28,29)30)13-3-5-17-15(7-13)16(8-31)20(21(34-17)37-2)38-11-22(25,26)27/h3-7,9-10,12,36H,11H2,1-2H3. The average molecular weight is 537 g/mol. The second-order valence-corrected chi connectivity index (χ2v) is 8.10. The number of nitriles is 1. The van der Waals surface area contributed by atoms with Gasteiger partial charge in [-0.05, 0) is 23.8 Å². The van der Waals surface area contributed by atoms with Crippen LogP contribution in [0, 0.1) is 11.3 Å². The first kappa shape index (κ1) is 26.7. The Morgan fingerprint density at radius 2 is 1.76 bits per heavy atom. The minimum absolute atomic E-state index is 0.00318. The number of aliphatic hydroxyl groups is 1. The molecule has 0 saturated carbocycles. The molecule has 1 unspecified atom stereocenters. The molecule has 1 N–H and O–H groups in total. The Kier molecular flexibility index (Phi) is 6.66. The summed E-state index contributed by atoms with van der Waals surface area (Å²) >= 11 is 0. The van der Waals surface area contributed by atoms with E-state index in [9.17, 15) is 36.7 Å². The Hall–Kier alpha value is -4.38. The molecule has 0 amide bonds. The smallest absolute Gasteiger partial charge is 0.433 e. The number of fused-ring (bicyclic) bond motifs is 1. The van der Waals surface area contributed by atoms with Crippen molar-refractivity contribution in [2.75, 3.05) is 13.7 Å².